The Hall–Kier alpha value is -0.0800. The van der Waals surface area contributed by atoms with Crippen LogP contribution < -0.4 is 5.32 Å². The second kappa shape index (κ2) is 9.00. The van der Waals surface area contributed by atoms with E-state index >= 15 is 0 Å². The molecule has 0 amide bonds. The average molecular weight is 227 g/mol. The van der Waals surface area contributed by atoms with Gasteiger partial charge in [0.05, 0.1) is 6.61 Å². The van der Waals surface area contributed by atoms with Crippen LogP contribution in [0.5, 0.6) is 0 Å². The second-order valence-electron chi connectivity index (χ2n) is 5.10. The van der Waals surface area contributed by atoms with E-state index < -0.39 is 0 Å². The van der Waals surface area contributed by atoms with Gasteiger partial charge >= 0.3 is 0 Å². The van der Waals surface area contributed by atoms with Crippen LogP contribution >= 0.6 is 0 Å². The molecular formula is C14H29NO. The van der Waals surface area contributed by atoms with Gasteiger partial charge in [-0.15, -0.1) is 0 Å². The molecule has 1 rings (SSSR count). The largest absolute Gasteiger partial charge is 0.383 e. The highest BCUT2D eigenvalue weighted by atomic mass is 16.5. The van der Waals surface area contributed by atoms with Gasteiger partial charge in [0.1, 0.15) is 0 Å². The van der Waals surface area contributed by atoms with Crippen LogP contribution in [0.25, 0.3) is 0 Å². The zero-order valence-electron chi connectivity index (χ0n) is 11.1. The lowest BCUT2D eigenvalue weighted by molar-refractivity contribution is 0.196. The predicted molar refractivity (Wildman–Crippen MR) is 69.7 cm³/mol. The van der Waals surface area contributed by atoms with Gasteiger partial charge in [-0.2, -0.15) is 0 Å². The van der Waals surface area contributed by atoms with Crippen LogP contribution in [-0.4, -0.2) is 26.8 Å². The zero-order chi connectivity index (χ0) is 11.6. The minimum Gasteiger partial charge on any atom is -0.383 e. The van der Waals surface area contributed by atoms with E-state index in [0.29, 0.717) is 0 Å². The molecule has 16 heavy (non-hydrogen) atoms. The molecule has 1 fully saturated rings. The maximum Gasteiger partial charge on any atom is 0.0587 e. The van der Waals surface area contributed by atoms with Gasteiger partial charge in [0.2, 0.25) is 0 Å². The third-order valence-electron chi connectivity index (χ3n) is 4.00. The summed E-state index contributed by atoms with van der Waals surface area (Å²) in [6, 6.07) is 0. The molecule has 1 aliphatic carbocycles. The molecule has 0 radical (unpaired) electrons. The average Bonchev–Trinajstić information content (AvgIpc) is 2.34. The summed E-state index contributed by atoms with van der Waals surface area (Å²) < 4.78 is 5.01. The number of ether oxygens (including phenoxy) is 1. The van der Waals surface area contributed by atoms with E-state index in [2.05, 4.69) is 12.2 Å². The number of hydrogen-bond acceptors (Lipinski definition) is 2. The molecule has 2 unspecified atom stereocenters. The highest BCUT2D eigenvalue weighted by molar-refractivity contribution is 4.74. The summed E-state index contributed by atoms with van der Waals surface area (Å²) in [7, 11) is 1.76. The van der Waals surface area contributed by atoms with Crippen molar-refractivity contribution in [2.75, 3.05) is 26.8 Å². The smallest absolute Gasteiger partial charge is 0.0587 e. The highest BCUT2D eigenvalue weighted by Gasteiger charge is 2.22. The van der Waals surface area contributed by atoms with Crippen molar-refractivity contribution in [1.82, 2.24) is 5.32 Å². The molecule has 0 aromatic rings. The molecule has 2 atom stereocenters. The standard InChI is InChI=1S/C14H29NO/c1-3-13-7-4-5-8-14(13)9-6-10-15-11-12-16-2/h13-15H,3-12H2,1-2H3. The molecule has 0 bridgehead atoms. The zero-order valence-corrected chi connectivity index (χ0v) is 11.1. The molecule has 0 heterocycles. The Balaban J connectivity index is 2.02. The Morgan fingerprint density at radius 3 is 2.56 bits per heavy atom. The molecule has 2 heteroatoms. The Labute approximate surface area is 101 Å². The first-order chi connectivity index (χ1) is 7.88. The molecule has 1 saturated carbocycles. The van der Waals surface area contributed by atoms with E-state index in [9.17, 15) is 0 Å². The summed E-state index contributed by atoms with van der Waals surface area (Å²) in [4.78, 5) is 0. The molecule has 0 spiro atoms. The van der Waals surface area contributed by atoms with Crippen LogP contribution in [0, 0.1) is 11.8 Å². The molecule has 2 nitrogen and oxygen atoms in total. The molecule has 0 aliphatic heterocycles. The van der Waals surface area contributed by atoms with Gasteiger partial charge in [0.25, 0.3) is 0 Å². The van der Waals surface area contributed by atoms with Crippen LogP contribution in [0.4, 0.5) is 0 Å². The summed E-state index contributed by atoms with van der Waals surface area (Å²) in [5.74, 6) is 2.04. The van der Waals surface area contributed by atoms with Crippen molar-refractivity contribution in [3.63, 3.8) is 0 Å². The maximum absolute atomic E-state index is 5.01. The molecule has 0 aromatic heterocycles. The van der Waals surface area contributed by atoms with Crippen LogP contribution in [-0.2, 0) is 4.74 Å². The van der Waals surface area contributed by atoms with E-state index in [4.69, 9.17) is 4.74 Å². The molecule has 1 aliphatic rings. The van der Waals surface area contributed by atoms with Crippen LogP contribution in [0.1, 0.15) is 51.9 Å². The lowest BCUT2D eigenvalue weighted by Gasteiger charge is -2.30. The van der Waals surface area contributed by atoms with Gasteiger partial charge in [-0.25, -0.2) is 0 Å². The van der Waals surface area contributed by atoms with E-state index in [1.54, 1.807) is 7.11 Å². The SMILES string of the molecule is CCC1CCCCC1CCCNCCOC. The van der Waals surface area contributed by atoms with Crippen molar-refractivity contribution in [3.8, 4) is 0 Å². The van der Waals surface area contributed by atoms with E-state index in [0.717, 1.165) is 31.5 Å². The predicted octanol–water partition coefficient (Wildman–Crippen LogP) is 3.22. The van der Waals surface area contributed by atoms with Gasteiger partial charge in [-0.1, -0.05) is 39.0 Å². The van der Waals surface area contributed by atoms with Crippen LogP contribution in [0.2, 0.25) is 0 Å². The fourth-order valence-corrected chi connectivity index (χ4v) is 2.99. The van der Waals surface area contributed by atoms with Crippen molar-refractivity contribution >= 4 is 0 Å². The molecular weight excluding hydrogens is 198 g/mol. The third-order valence-corrected chi connectivity index (χ3v) is 4.00. The minimum atomic E-state index is 0.834. The van der Waals surface area contributed by atoms with Crippen molar-refractivity contribution < 1.29 is 4.74 Å². The monoisotopic (exact) mass is 227 g/mol. The number of hydrogen-bond donors (Lipinski definition) is 1. The van der Waals surface area contributed by atoms with Gasteiger partial charge in [0.15, 0.2) is 0 Å². The first kappa shape index (κ1) is 14.0. The number of methoxy groups -OCH3 is 1. The van der Waals surface area contributed by atoms with Crippen molar-refractivity contribution in [3.05, 3.63) is 0 Å². The lowest BCUT2D eigenvalue weighted by atomic mass is 9.76. The van der Waals surface area contributed by atoms with E-state index in [1.807, 2.05) is 0 Å². The Morgan fingerprint density at radius 1 is 1.12 bits per heavy atom. The summed E-state index contributed by atoms with van der Waals surface area (Å²) in [5, 5.41) is 3.43. The quantitative estimate of drug-likeness (QED) is 0.643. The van der Waals surface area contributed by atoms with Crippen LogP contribution in [0.15, 0.2) is 0 Å². The van der Waals surface area contributed by atoms with E-state index in [-0.39, 0.29) is 0 Å². The molecule has 0 aromatic carbocycles. The van der Waals surface area contributed by atoms with Crippen molar-refractivity contribution in [2.24, 2.45) is 11.8 Å². The Bertz CT molecular complexity index is 161. The fourth-order valence-electron chi connectivity index (χ4n) is 2.99. The summed E-state index contributed by atoms with van der Waals surface area (Å²) in [6.45, 7) is 5.36. The van der Waals surface area contributed by atoms with Crippen molar-refractivity contribution in [2.45, 2.75) is 51.9 Å². The molecule has 0 saturated heterocycles. The van der Waals surface area contributed by atoms with Gasteiger partial charge in [-0.05, 0) is 31.2 Å². The van der Waals surface area contributed by atoms with Crippen LogP contribution in [0.3, 0.4) is 0 Å². The first-order valence-electron chi connectivity index (χ1n) is 7.08. The highest BCUT2D eigenvalue weighted by Crippen LogP contribution is 2.34. The first-order valence-corrected chi connectivity index (χ1v) is 7.08. The van der Waals surface area contributed by atoms with Crippen molar-refractivity contribution in [1.29, 1.82) is 0 Å². The van der Waals surface area contributed by atoms with E-state index in [1.165, 1.54) is 44.9 Å². The lowest BCUT2D eigenvalue weighted by Crippen LogP contribution is -2.23. The minimum absolute atomic E-state index is 0.834. The Kier molecular flexibility index (Phi) is 7.87. The molecule has 96 valence electrons. The second-order valence-corrected chi connectivity index (χ2v) is 5.10. The van der Waals surface area contributed by atoms with Gasteiger partial charge in [0, 0.05) is 13.7 Å². The topological polar surface area (TPSA) is 21.3 Å². The maximum atomic E-state index is 5.01. The summed E-state index contributed by atoms with van der Waals surface area (Å²) in [5.41, 5.74) is 0. The van der Waals surface area contributed by atoms with Gasteiger partial charge in [-0.3, -0.25) is 0 Å². The summed E-state index contributed by atoms with van der Waals surface area (Å²) >= 11 is 0. The molecule has 1 N–H and O–H groups in total. The fraction of sp³-hybridized carbons (Fsp3) is 1.00. The Morgan fingerprint density at radius 2 is 1.88 bits per heavy atom. The third kappa shape index (κ3) is 5.31. The van der Waals surface area contributed by atoms with Gasteiger partial charge < -0.3 is 10.1 Å². The number of nitrogens with one attached hydrogen (secondary N) is 1. The summed E-state index contributed by atoms with van der Waals surface area (Å²) in [6.07, 6.45) is 10.1. The normalized spacial score (nSPS) is 25.9. The number of rotatable bonds is 8.